The van der Waals surface area contributed by atoms with Crippen molar-refractivity contribution in [3.8, 4) is 27.6 Å². The zero-order chi connectivity index (χ0) is 15.6. The first-order valence-corrected chi connectivity index (χ1v) is 8.54. The zero-order valence-electron chi connectivity index (χ0n) is 12.8. The Morgan fingerprint density at radius 3 is 2.65 bits per heavy atom. The Morgan fingerprint density at radius 2 is 1.91 bits per heavy atom. The largest absolute Gasteiger partial charge is 0.496 e. The molecule has 1 N–H and O–H groups in total. The van der Waals surface area contributed by atoms with Gasteiger partial charge in [-0.05, 0) is 42.5 Å². The summed E-state index contributed by atoms with van der Waals surface area (Å²) in [5.74, 6) is 1.51. The van der Waals surface area contributed by atoms with E-state index in [2.05, 4.69) is 21.7 Å². The Bertz CT molecular complexity index is 813. The predicted octanol–water partition coefficient (Wildman–Crippen LogP) is 4.46. The lowest BCUT2D eigenvalue weighted by Crippen LogP contribution is -2.06. The Labute approximate surface area is 139 Å². The van der Waals surface area contributed by atoms with Crippen LogP contribution in [0.5, 0.6) is 5.75 Å². The highest BCUT2D eigenvalue weighted by atomic mass is 32.1. The summed E-state index contributed by atoms with van der Waals surface area (Å²) in [6.07, 6.45) is 2.38. The van der Waals surface area contributed by atoms with Gasteiger partial charge in [-0.15, -0.1) is 11.3 Å². The standard InChI is InChI=1S/C18H17N3OS/c1-22-16-6-3-2-5-13(16)14-11-15(17-7-4-10-23-17)21-18(20-14)19-12-8-9-12/h2-7,10-12H,8-9H2,1H3,(H,19,20,21). The van der Waals surface area contributed by atoms with Crippen molar-refractivity contribution in [3.05, 3.63) is 47.8 Å². The summed E-state index contributed by atoms with van der Waals surface area (Å²) >= 11 is 1.68. The molecule has 1 aliphatic carbocycles. The van der Waals surface area contributed by atoms with Crippen molar-refractivity contribution >= 4 is 17.3 Å². The van der Waals surface area contributed by atoms with Crippen molar-refractivity contribution in [1.29, 1.82) is 0 Å². The quantitative estimate of drug-likeness (QED) is 0.753. The number of methoxy groups -OCH3 is 1. The van der Waals surface area contributed by atoms with Gasteiger partial charge in [0.25, 0.3) is 0 Å². The minimum absolute atomic E-state index is 0.513. The molecule has 0 atom stereocenters. The first kappa shape index (κ1) is 14.2. The number of rotatable bonds is 5. The second-order valence-electron chi connectivity index (χ2n) is 5.56. The Balaban J connectivity index is 1.82. The van der Waals surface area contributed by atoms with Crippen LogP contribution < -0.4 is 10.1 Å². The molecule has 0 bridgehead atoms. The highest BCUT2D eigenvalue weighted by Crippen LogP contribution is 2.33. The average Bonchev–Trinajstić information content (AvgIpc) is 3.23. The average molecular weight is 323 g/mol. The fourth-order valence-corrected chi connectivity index (χ4v) is 3.15. The van der Waals surface area contributed by atoms with E-state index in [1.54, 1.807) is 18.4 Å². The minimum Gasteiger partial charge on any atom is -0.496 e. The molecule has 4 rings (SSSR count). The van der Waals surface area contributed by atoms with Gasteiger partial charge >= 0.3 is 0 Å². The third kappa shape index (κ3) is 3.05. The highest BCUT2D eigenvalue weighted by Gasteiger charge is 2.23. The fourth-order valence-electron chi connectivity index (χ4n) is 2.47. The minimum atomic E-state index is 0.513. The van der Waals surface area contributed by atoms with Crippen LogP contribution in [0.25, 0.3) is 21.8 Å². The van der Waals surface area contributed by atoms with Gasteiger partial charge in [0.1, 0.15) is 5.75 Å². The first-order chi connectivity index (χ1) is 11.3. The number of nitrogens with one attached hydrogen (secondary N) is 1. The number of ether oxygens (including phenoxy) is 1. The van der Waals surface area contributed by atoms with Crippen LogP contribution in [0.1, 0.15) is 12.8 Å². The molecular formula is C18H17N3OS. The van der Waals surface area contributed by atoms with Gasteiger partial charge in [0.15, 0.2) is 0 Å². The first-order valence-electron chi connectivity index (χ1n) is 7.66. The maximum absolute atomic E-state index is 5.49. The molecule has 4 nitrogen and oxygen atoms in total. The van der Waals surface area contributed by atoms with Crippen LogP contribution in [0, 0.1) is 0 Å². The molecule has 2 heterocycles. The number of aromatic nitrogens is 2. The molecule has 0 spiro atoms. The smallest absolute Gasteiger partial charge is 0.224 e. The van der Waals surface area contributed by atoms with Gasteiger partial charge in [-0.1, -0.05) is 18.2 Å². The van der Waals surface area contributed by atoms with Crippen molar-refractivity contribution in [3.63, 3.8) is 0 Å². The van der Waals surface area contributed by atoms with Gasteiger partial charge in [-0.25, -0.2) is 9.97 Å². The molecule has 0 amide bonds. The number of thiophene rings is 1. The maximum Gasteiger partial charge on any atom is 0.224 e. The Morgan fingerprint density at radius 1 is 1.09 bits per heavy atom. The number of anilines is 1. The molecule has 2 aromatic heterocycles. The third-order valence-corrected chi connectivity index (χ3v) is 4.69. The van der Waals surface area contributed by atoms with E-state index in [4.69, 9.17) is 9.72 Å². The van der Waals surface area contributed by atoms with Gasteiger partial charge in [0.2, 0.25) is 5.95 Å². The van der Waals surface area contributed by atoms with Crippen molar-refractivity contribution in [1.82, 2.24) is 9.97 Å². The SMILES string of the molecule is COc1ccccc1-c1cc(-c2cccs2)nc(NC2CC2)n1. The van der Waals surface area contributed by atoms with Crippen LogP contribution in [0.3, 0.4) is 0 Å². The summed E-state index contributed by atoms with van der Waals surface area (Å²) in [4.78, 5) is 10.5. The maximum atomic E-state index is 5.49. The summed E-state index contributed by atoms with van der Waals surface area (Å²) in [7, 11) is 1.68. The summed E-state index contributed by atoms with van der Waals surface area (Å²) in [6, 6.07) is 14.6. The molecule has 0 saturated heterocycles. The normalized spacial score (nSPS) is 13.8. The monoisotopic (exact) mass is 323 g/mol. The molecule has 0 aliphatic heterocycles. The number of benzene rings is 1. The molecule has 1 fully saturated rings. The lowest BCUT2D eigenvalue weighted by Gasteiger charge is -2.11. The van der Waals surface area contributed by atoms with Crippen LogP contribution in [0.4, 0.5) is 5.95 Å². The van der Waals surface area contributed by atoms with Crippen molar-refractivity contribution in [2.75, 3.05) is 12.4 Å². The number of para-hydroxylation sites is 1. The molecule has 1 aromatic carbocycles. The number of nitrogens with zero attached hydrogens (tertiary/aromatic N) is 2. The second kappa shape index (κ2) is 6.01. The molecule has 1 saturated carbocycles. The molecule has 0 unspecified atom stereocenters. The molecular weight excluding hydrogens is 306 g/mol. The topological polar surface area (TPSA) is 47.0 Å². The molecule has 116 valence electrons. The predicted molar refractivity (Wildman–Crippen MR) is 94.0 cm³/mol. The van der Waals surface area contributed by atoms with E-state index in [0.29, 0.717) is 12.0 Å². The summed E-state index contributed by atoms with van der Waals surface area (Å²) < 4.78 is 5.49. The number of hydrogen-bond donors (Lipinski definition) is 1. The van der Waals surface area contributed by atoms with E-state index in [0.717, 1.165) is 27.6 Å². The second-order valence-corrected chi connectivity index (χ2v) is 6.51. The molecule has 1 aliphatic rings. The van der Waals surface area contributed by atoms with Gasteiger partial charge in [0.05, 0.1) is 23.4 Å². The van der Waals surface area contributed by atoms with E-state index in [1.807, 2.05) is 36.4 Å². The molecule has 0 radical (unpaired) electrons. The Kier molecular flexibility index (Phi) is 3.71. The van der Waals surface area contributed by atoms with Crippen LogP contribution in [0.15, 0.2) is 47.8 Å². The van der Waals surface area contributed by atoms with E-state index < -0.39 is 0 Å². The number of hydrogen-bond acceptors (Lipinski definition) is 5. The van der Waals surface area contributed by atoms with E-state index >= 15 is 0 Å². The fraction of sp³-hybridized carbons (Fsp3) is 0.222. The van der Waals surface area contributed by atoms with Gasteiger partial charge < -0.3 is 10.1 Å². The van der Waals surface area contributed by atoms with Crippen molar-refractivity contribution in [2.45, 2.75) is 18.9 Å². The summed E-state index contributed by atoms with van der Waals surface area (Å²) in [5.41, 5.74) is 2.80. The zero-order valence-corrected chi connectivity index (χ0v) is 13.6. The third-order valence-electron chi connectivity index (χ3n) is 3.79. The highest BCUT2D eigenvalue weighted by molar-refractivity contribution is 7.13. The molecule has 3 aromatic rings. The van der Waals surface area contributed by atoms with Crippen molar-refractivity contribution in [2.24, 2.45) is 0 Å². The van der Waals surface area contributed by atoms with Crippen LogP contribution in [-0.4, -0.2) is 23.1 Å². The van der Waals surface area contributed by atoms with Crippen LogP contribution in [-0.2, 0) is 0 Å². The summed E-state index contributed by atoms with van der Waals surface area (Å²) in [6.45, 7) is 0. The van der Waals surface area contributed by atoms with Crippen LogP contribution in [0.2, 0.25) is 0 Å². The molecule has 23 heavy (non-hydrogen) atoms. The lowest BCUT2D eigenvalue weighted by molar-refractivity contribution is 0.416. The summed E-state index contributed by atoms with van der Waals surface area (Å²) in [5, 5.41) is 5.47. The van der Waals surface area contributed by atoms with Gasteiger partial charge in [0, 0.05) is 11.6 Å². The van der Waals surface area contributed by atoms with E-state index in [9.17, 15) is 0 Å². The Hall–Kier alpha value is -2.40. The van der Waals surface area contributed by atoms with E-state index in [1.165, 1.54) is 12.8 Å². The van der Waals surface area contributed by atoms with Gasteiger partial charge in [-0.3, -0.25) is 0 Å². The van der Waals surface area contributed by atoms with E-state index in [-0.39, 0.29) is 0 Å². The van der Waals surface area contributed by atoms with Crippen LogP contribution >= 0.6 is 11.3 Å². The lowest BCUT2D eigenvalue weighted by atomic mass is 10.1. The van der Waals surface area contributed by atoms with Crippen molar-refractivity contribution < 1.29 is 4.74 Å². The van der Waals surface area contributed by atoms with Gasteiger partial charge in [-0.2, -0.15) is 0 Å². The molecule has 5 heteroatoms.